The fourth-order valence-electron chi connectivity index (χ4n) is 14.3. The molecule has 314 valence electrons. The van der Waals surface area contributed by atoms with Crippen molar-refractivity contribution in [1.29, 1.82) is 0 Å². The number of allylic oxidation sites excluding steroid dienone is 1. The summed E-state index contributed by atoms with van der Waals surface area (Å²) in [6.45, 7) is 15.4. The molecular formula is C42H68O13. The van der Waals surface area contributed by atoms with Crippen LogP contribution in [0, 0.1) is 50.2 Å². The summed E-state index contributed by atoms with van der Waals surface area (Å²) in [5, 5.41) is 87.0. The Kier molecular flexibility index (Phi) is 9.95. The largest absolute Gasteiger partial charge is 0.396 e. The van der Waals surface area contributed by atoms with Gasteiger partial charge in [0, 0.05) is 22.2 Å². The zero-order valence-electron chi connectivity index (χ0n) is 33.7. The van der Waals surface area contributed by atoms with Crippen LogP contribution in [0.5, 0.6) is 0 Å². The molecule has 8 N–H and O–H groups in total. The van der Waals surface area contributed by atoms with Crippen LogP contribution >= 0.6 is 0 Å². The molecule has 7 fully saturated rings. The van der Waals surface area contributed by atoms with Crippen molar-refractivity contribution >= 4 is 0 Å². The van der Waals surface area contributed by atoms with E-state index in [1.807, 2.05) is 0 Å². The third kappa shape index (κ3) is 5.44. The quantitative estimate of drug-likeness (QED) is 0.143. The van der Waals surface area contributed by atoms with Crippen molar-refractivity contribution in [3.05, 3.63) is 12.2 Å². The Labute approximate surface area is 325 Å². The molecule has 2 bridgehead atoms. The van der Waals surface area contributed by atoms with Crippen molar-refractivity contribution in [2.24, 2.45) is 50.2 Å². The van der Waals surface area contributed by atoms with E-state index >= 15 is 0 Å². The predicted molar refractivity (Wildman–Crippen MR) is 197 cm³/mol. The molecule has 0 unspecified atom stereocenters. The van der Waals surface area contributed by atoms with Gasteiger partial charge < -0.3 is 64.5 Å². The van der Waals surface area contributed by atoms with Gasteiger partial charge in [-0.1, -0.05) is 53.7 Å². The van der Waals surface area contributed by atoms with Crippen molar-refractivity contribution in [2.75, 3.05) is 19.8 Å². The number of rotatable bonds is 6. The summed E-state index contributed by atoms with van der Waals surface area (Å²) in [4.78, 5) is 0. The molecule has 1 spiro atoms. The minimum Gasteiger partial charge on any atom is -0.396 e. The van der Waals surface area contributed by atoms with Crippen molar-refractivity contribution < 1.29 is 64.5 Å². The number of hydrogen-bond acceptors (Lipinski definition) is 13. The minimum absolute atomic E-state index is 0.0414. The summed E-state index contributed by atoms with van der Waals surface area (Å²) >= 11 is 0. The number of hydrogen-bond donors (Lipinski definition) is 8. The van der Waals surface area contributed by atoms with Gasteiger partial charge in [0.15, 0.2) is 12.6 Å². The van der Waals surface area contributed by atoms with Crippen LogP contribution in [-0.2, 0) is 23.7 Å². The van der Waals surface area contributed by atoms with Gasteiger partial charge in [0.1, 0.15) is 42.7 Å². The van der Waals surface area contributed by atoms with E-state index in [4.69, 9.17) is 23.7 Å². The van der Waals surface area contributed by atoms with Gasteiger partial charge in [0.2, 0.25) is 0 Å². The van der Waals surface area contributed by atoms with E-state index < -0.39 is 91.2 Å². The number of fused-ring (bicyclic) bond motifs is 4. The van der Waals surface area contributed by atoms with Crippen LogP contribution in [0.1, 0.15) is 99.8 Å². The Morgan fingerprint density at radius 2 is 1.44 bits per heavy atom. The predicted octanol–water partition coefficient (Wildman–Crippen LogP) is 1.78. The standard InChI is InChI=1S/C42H68O13/c1-21-28(46)33(55-34-31(49)30(48)29(47)22(18-43)53-34)32(50)35(52-21)54-27-10-11-37(4)23(38(27,5)19-44)8-12-39(6)24(37)9-13-42-25-16-36(2,3)14-15-41(25,20-51-42)26(45)17-40(39,42)7/h9,13,21-35,43-50H,8,10-12,14-20H2,1-7H3/t21-,22+,23-,24-,25-,26+,27+,28+,29-,30+,31-,32-,33+,34+,35+,37-,38+,39+,40-,41-,42+/m1/s1. The second-order valence-corrected chi connectivity index (χ2v) is 21.0. The highest BCUT2D eigenvalue weighted by atomic mass is 16.7. The van der Waals surface area contributed by atoms with E-state index in [0.29, 0.717) is 19.4 Å². The lowest BCUT2D eigenvalue weighted by Gasteiger charge is -2.73. The normalized spacial score (nSPS) is 59.7. The summed E-state index contributed by atoms with van der Waals surface area (Å²) in [5.74, 6) is 0.449. The SMILES string of the molecule is C[C@H]1O[C@@H](O[C@H]2CC[C@]3(C)[C@@H](CC[C@@]4(C)[C@@H]3C=C[C@]35OC[C@@]6(CCC(C)(C)C[C@H]63)[C@@H](O)C[C@]45C)[C@]2(C)CO)[C@H](O)[C@@H](O[C@@H]2O[C@@H](CO)[C@@H](O)[C@H](O)[C@H]2O)[C@H]1O. The van der Waals surface area contributed by atoms with Crippen LogP contribution in [0.2, 0.25) is 0 Å². The van der Waals surface area contributed by atoms with Gasteiger partial charge in [0.25, 0.3) is 0 Å². The third-order valence-electron chi connectivity index (χ3n) is 17.9. The summed E-state index contributed by atoms with van der Waals surface area (Å²) in [7, 11) is 0. The summed E-state index contributed by atoms with van der Waals surface area (Å²) in [6, 6.07) is 0. The molecule has 8 aliphatic rings. The molecule has 13 heteroatoms. The van der Waals surface area contributed by atoms with Crippen molar-refractivity contribution in [3.8, 4) is 0 Å². The van der Waals surface area contributed by atoms with E-state index in [-0.39, 0.29) is 51.4 Å². The molecule has 0 aromatic heterocycles. The lowest BCUT2D eigenvalue weighted by atomic mass is 9.32. The maximum Gasteiger partial charge on any atom is 0.187 e. The van der Waals surface area contributed by atoms with E-state index in [1.165, 1.54) is 0 Å². The highest BCUT2D eigenvalue weighted by Gasteiger charge is 2.79. The number of ether oxygens (including phenoxy) is 5. The Balaban J connectivity index is 1.05. The smallest absolute Gasteiger partial charge is 0.187 e. The number of aliphatic hydroxyl groups is 8. The molecular weight excluding hydrogens is 712 g/mol. The van der Waals surface area contributed by atoms with E-state index in [2.05, 4.69) is 53.7 Å². The van der Waals surface area contributed by atoms with Gasteiger partial charge in [-0.3, -0.25) is 0 Å². The fraction of sp³-hybridized carbons (Fsp3) is 0.952. The zero-order valence-corrected chi connectivity index (χ0v) is 33.7. The van der Waals surface area contributed by atoms with Crippen LogP contribution < -0.4 is 0 Å². The Morgan fingerprint density at radius 3 is 2.13 bits per heavy atom. The average molecular weight is 781 g/mol. The third-order valence-corrected chi connectivity index (χ3v) is 17.9. The molecule has 3 aliphatic heterocycles. The Morgan fingerprint density at radius 1 is 0.727 bits per heavy atom. The van der Waals surface area contributed by atoms with Gasteiger partial charge in [-0.05, 0) is 86.4 Å². The van der Waals surface area contributed by atoms with Crippen LogP contribution in [-0.4, -0.2) is 140 Å². The second-order valence-electron chi connectivity index (χ2n) is 21.0. The first kappa shape index (κ1) is 41.0. The zero-order chi connectivity index (χ0) is 39.9. The van der Waals surface area contributed by atoms with E-state index in [1.54, 1.807) is 6.92 Å². The van der Waals surface area contributed by atoms with Crippen LogP contribution in [0.15, 0.2) is 12.2 Å². The first-order valence-corrected chi connectivity index (χ1v) is 20.9. The Hall–Kier alpha value is -0.780. The molecule has 0 amide bonds. The molecule has 3 saturated heterocycles. The number of aliphatic hydroxyl groups excluding tert-OH is 8. The topological polar surface area (TPSA) is 208 Å². The fourth-order valence-corrected chi connectivity index (χ4v) is 14.3. The molecule has 0 radical (unpaired) electrons. The monoisotopic (exact) mass is 780 g/mol. The van der Waals surface area contributed by atoms with Crippen molar-refractivity contribution in [2.45, 2.75) is 179 Å². The first-order chi connectivity index (χ1) is 25.7. The highest BCUT2D eigenvalue weighted by Crippen LogP contribution is 2.79. The van der Waals surface area contributed by atoms with Gasteiger partial charge in [-0.25, -0.2) is 0 Å². The molecule has 55 heavy (non-hydrogen) atoms. The molecule has 5 aliphatic carbocycles. The molecule has 4 saturated carbocycles. The van der Waals surface area contributed by atoms with Gasteiger partial charge in [-0.2, -0.15) is 0 Å². The maximum absolute atomic E-state index is 12.1. The first-order valence-electron chi connectivity index (χ1n) is 20.9. The average Bonchev–Trinajstić information content (AvgIpc) is 3.41. The minimum atomic E-state index is -1.72. The van der Waals surface area contributed by atoms with Gasteiger partial charge >= 0.3 is 0 Å². The lowest BCUT2D eigenvalue weighted by molar-refractivity contribution is -0.367. The summed E-state index contributed by atoms with van der Waals surface area (Å²) < 4.78 is 31.2. The van der Waals surface area contributed by atoms with Crippen molar-refractivity contribution in [3.63, 3.8) is 0 Å². The Bertz CT molecular complexity index is 1490. The van der Waals surface area contributed by atoms with Gasteiger partial charge in [-0.15, -0.1) is 0 Å². The molecule has 0 aromatic carbocycles. The summed E-state index contributed by atoms with van der Waals surface area (Å²) in [6.07, 6.45) is -3.39. The van der Waals surface area contributed by atoms with Crippen molar-refractivity contribution in [1.82, 2.24) is 0 Å². The molecule has 21 atom stereocenters. The van der Waals surface area contributed by atoms with E-state index in [9.17, 15) is 40.9 Å². The summed E-state index contributed by atoms with van der Waals surface area (Å²) in [5.41, 5.74) is -1.90. The molecule has 13 nitrogen and oxygen atoms in total. The molecule has 8 rings (SSSR count). The molecule has 3 heterocycles. The van der Waals surface area contributed by atoms with Crippen LogP contribution in [0.3, 0.4) is 0 Å². The molecule has 0 aromatic rings. The maximum atomic E-state index is 12.1. The highest BCUT2D eigenvalue weighted by molar-refractivity contribution is 5.36. The lowest BCUT2D eigenvalue weighted by Crippen LogP contribution is -2.72. The van der Waals surface area contributed by atoms with Crippen LogP contribution in [0.25, 0.3) is 0 Å². The van der Waals surface area contributed by atoms with Gasteiger partial charge in [0.05, 0.1) is 43.7 Å². The van der Waals surface area contributed by atoms with E-state index in [0.717, 1.165) is 38.5 Å². The second kappa shape index (κ2) is 13.4. The van der Waals surface area contributed by atoms with Crippen LogP contribution in [0.4, 0.5) is 0 Å².